The van der Waals surface area contributed by atoms with Gasteiger partial charge in [0.1, 0.15) is 12.6 Å². The normalized spacial score (nSPS) is 11.4. The van der Waals surface area contributed by atoms with Gasteiger partial charge in [-0.3, -0.25) is 4.79 Å². The quantitative estimate of drug-likeness (QED) is 0.821. The first-order valence-electron chi connectivity index (χ1n) is 5.32. The maximum Gasteiger partial charge on any atom is 0.408 e. The molecule has 0 heterocycles. The van der Waals surface area contributed by atoms with E-state index in [4.69, 9.17) is 4.74 Å². The molecule has 0 aliphatic heterocycles. The average molecular weight is 236 g/mol. The van der Waals surface area contributed by atoms with E-state index >= 15 is 0 Å². The maximum atomic E-state index is 11.3. The van der Waals surface area contributed by atoms with Gasteiger partial charge in [-0.2, -0.15) is 0 Å². The molecule has 5 nitrogen and oxygen atoms in total. The average Bonchev–Trinajstić information content (AvgIpc) is 2.36. The van der Waals surface area contributed by atoms with E-state index in [0.717, 1.165) is 5.56 Å². The highest BCUT2D eigenvalue weighted by Crippen LogP contribution is 2.00. The van der Waals surface area contributed by atoms with Crippen LogP contribution in [0.25, 0.3) is 0 Å². The van der Waals surface area contributed by atoms with Crippen molar-refractivity contribution in [3.05, 3.63) is 35.9 Å². The van der Waals surface area contributed by atoms with Crippen molar-refractivity contribution >= 4 is 12.0 Å². The Labute approximate surface area is 100 Å². The number of nitrogens with one attached hydrogen (secondary N) is 2. The van der Waals surface area contributed by atoms with Gasteiger partial charge in [0.05, 0.1) is 0 Å². The number of carbonyl (C=O) groups is 2. The van der Waals surface area contributed by atoms with Crippen LogP contribution in [-0.4, -0.2) is 25.1 Å². The molecule has 2 amide bonds. The predicted molar refractivity (Wildman–Crippen MR) is 63.3 cm³/mol. The van der Waals surface area contributed by atoms with E-state index in [1.807, 2.05) is 30.3 Å². The lowest BCUT2D eigenvalue weighted by molar-refractivity contribution is -0.122. The van der Waals surface area contributed by atoms with Crippen molar-refractivity contribution in [3.63, 3.8) is 0 Å². The molecule has 0 fully saturated rings. The molecule has 0 radical (unpaired) electrons. The summed E-state index contributed by atoms with van der Waals surface area (Å²) in [4.78, 5) is 22.5. The highest BCUT2D eigenvalue weighted by atomic mass is 16.5. The monoisotopic (exact) mass is 236 g/mol. The van der Waals surface area contributed by atoms with E-state index in [1.54, 1.807) is 6.92 Å². The summed E-state index contributed by atoms with van der Waals surface area (Å²) in [6, 6.07) is 8.72. The Hall–Kier alpha value is -2.04. The van der Waals surface area contributed by atoms with Gasteiger partial charge in [0.2, 0.25) is 5.91 Å². The summed E-state index contributed by atoms with van der Waals surface area (Å²) in [6.07, 6.45) is -0.607. The smallest absolute Gasteiger partial charge is 0.408 e. The fourth-order valence-corrected chi connectivity index (χ4v) is 1.22. The van der Waals surface area contributed by atoms with Crippen molar-refractivity contribution < 1.29 is 14.3 Å². The van der Waals surface area contributed by atoms with Crippen molar-refractivity contribution in [2.75, 3.05) is 7.05 Å². The molecule has 1 rings (SSSR count). The van der Waals surface area contributed by atoms with Crippen LogP contribution < -0.4 is 10.6 Å². The van der Waals surface area contributed by atoms with Gasteiger partial charge in [-0.15, -0.1) is 0 Å². The Morgan fingerprint density at radius 3 is 2.53 bits per heavy atom. The number of likely N-dealkylation sites (N-methyl/N-ethyl adjacent to an activating group) is 1. The second-order valence-electron chi connectivity index (χ2n) is 3.54. The molecule has 0 saturated heterocycles. The van der Waals surface area contributed by atoms with Gasteiger partial charge in [0.15, 0.2) is 0 Å². The molecule has 1 atom stereocenters. The van der Waals surface area contributed by atoms with Gasteiger partial charge in [0.25, 0.3) is 0 Å². The van der Waals surface area contributed by atoms with E-state index in [0.29, 0.717) is 0 Å². The molecule has 0 saturated carbocycles. The van der Waals surface area contributed by atoms with Crippen LogP contribution in [0.5, 0.6) is 0 Å². The minimum atomic E-state index is -0.608. The fraction of sp³-hybridized carbons (Fsp3) is 0.333. The molecule has 1 aromatic carbocycles. The van der Waals surface area contributed by atoms with E-state index in [-0.39, 0.29) is 12.5 Å². The first-order chi connectivity index (χ1) is 8.13. The SMILES string of the molecule is CNC(=O)[C@H](C)NC(=O)OCc1ccccc1. The Balaban J connectivity index is 2.33. The molecule has 5 heteroatoms. The molecule has 17 heavy (non-hydrogen) atoms. The van der Waals surface area contributed by atoms with Crippen molar-refractivity contribution in [2.45, 2.75) is 19.6 Å². The van der Waals surface area contributed by atoms with Gasteiger partial charge >= 0.3 is 6.09 Å². The van der Waals surface area contributed by atoms with Crippen LogP contribution >= 0.6 is 0 Å². The zero-order valence-electron chi connectivity index (χ0n) is 9.90. The van der Waals surface area contributed by atoms with E-state index < -0.39 is 12.1 Å². The van der Waals surface area contributed by atoms with E-state index in [1.165, 1.54) is 7.05 Å². The molecule has 2 N–H and O–H groups in total. The number of benzene rings is 1. The summed E-state index contributed by atoms with van der Waals surface area (Å²) in [6.45, 7) is 1.77. The van der Waals surface area contributed by atoms with Gasteiger partial charge in [-0.1, -0.05) is 30.3 Å². The van der Waals surface area contributed by atoms with Crippen molar-refractivity contribution in [2.24, 2.45) is 0 Å². The third kappa shape index (κ3) is 4.55. The number of carbonyl (C=O) groups excluding carboxylic acids is 2. The lowest BCUT2D eigenvalue weighted by Crippen LogP contribution is -2.43. The second-order valence-corrected chi connectivity index (χ2v) is 3.54. The Morgan fingerprint density at radius 1 is 1.29 bits per heavy atom. The summed E-state index contributed by atoms with van der Waals surface area (Å²) in [7, 11) is 1.51. The highest BCUT2D eigenvalue weighted by Gasteiger charge is 2.14. The molecule has 0 spiro atoms. The second kappa shape index (κ2) is 6.52. The van der Waals surface area contributed by atoms with Gasteiger partial charge in [0, 0.05) is 7.05 Å². The third-order valence-corrected chi connectivity index (χ3v) is 2.19. The van der Waals surface area contributed by atoms with E-state index in [9.17, 15) is 9.59 Å². The molecule has 0 unspecified atom stereocenters. The van der Waals surface area contributed by atoms with Crippen molar-refractivity contribution in [1.29, 1.82) is 0 Å². The summed E-state index contributed by atoms with van der Waals surface area (Å²) < 4.78 is 4.96. The number of hydrogen-bond donors (Lipinski definition) is 2. The van der Waals surface area contributed by atoms with Crippen LogP contribution in [0.3, 0.4) is 0 Å². The summed E-state index contributed by atoms with van der Waals surface area (Å²) in [5, 5.41) is 4.86. The Morgan fingerprint density at radius 2 is 1.94 bits per heavy atom. The molecule has 0 bridgehead atoms. The maximum absolute atomic E-state index is 11.3. The first kappa shape index (κ1) is 13.0. The minimum Gasteiger partial charge on any atom is -0.445 e. The number of ether oxygens (including phenoxy) is 1. The standard InChI is InChI=1S/C12H16N2O3/c1-9(11(15)13-2)14-12(16)17-8-10-6-4-3-5-7-10/h3-7,9H,8H2,1-2H3,(H,13,15)(H,14,16)/t9-/m0/s1. The van der Waals surface area contributed by atoms with Crippen LogP contribution in [0.15, 0.2) is 30.3 Å². The molecule has 0 aliphatic carbocycles. The molecular formula is C12H16N2O3. The zero-order chi connectivity index (χ0) is 12.7. The largest absolute Gasteiger partial charge is 0.445 e. The summed E-state index contributed by atoms with van der Waals surface area (Å²) in [5.74, 6) is -0.262. The predicted octanol–water partition coefficient (Wildman–Crippen LogP) is 1.05. The lowest BCUT2D eigenvalue weighted by atomic mass is 10.2. The van der Waals surface area contributed by atoms with Crippen molar-refractivity contribution in [1.82, 2.24) is 10.6 Å². The van der Waals surface area contributed by atoms with Crippen LogP contribution in [0.4, 0.5) is 4.79 Å². The van der Waals surface area contributed by atoms with Crippen molar-refractivity contribution in [3.8, 4) is 0 Å². The van der Waals surface area contributed by atoms with Gasteiger partial charge in [-0.25, -0.2) is 4.79 Å². The van der Waals surface area contributed by atoms with Crippen LogP contribution in [0.2, 0.25) is 0 Å². The first-order valence-corrected chi connectivity index (χ1v) is 5.32. The molecular weight excluding hydrogens is 220 g/mol. The summed E-state index contributed by atoms with van der Waals surface area (Å²) in [5.41, 5.74) is 0.898. The van der Waals surface area contributed by atoms with E-state index in [2.05, 4.69) is 10.6 Å². The van der Waals surface area contributed by atoms with Crippen LogP contribution in [0, 0.1) is 0 Å². The minimum absolute atomic E-state index is 0.188. The molecule has 92 valence electrons. The highest BCUT2D eigenvalue weighted by molar-refractivity contribution is 5.84. The van der Waals surface area contributed by atoms with Crippen LogP contribution in [-0.2, 0) is 16.1 Å². The lowest BCUT2D eigenvalue weighted by Gasteiger charge is -2.12. The molecule has 0 aromatic heterocycles. The number of amides is 2. The summed E-state index contributed by atoms with van der Waals surface area (Å²) >= 11 is 0. The van der Waals surface area contributed by atoms with Crippen LogP contribution in [0.1, 0.15) is 12.5 Å². The zero-order valence-corrected chi connectivity index (χ0v) is 9.90. The number of hydrogen-bond acceptors (Lipinski definition) is 3. The Kier molecular flexibility index (Phi) is 5.00. The number of alkyl carbamates (subject to hydrolysis) is 1. The number of rotatable bonds is 4. The third-order valence-electron chi connectivity index (χ3n) is 2.19. The van der Waals surface area contributed by atoms with Gasteiger partial charge in [-0.05, 0) is 12.5 Å². The molecule has 1 aromatic rings. The van der Waals surface area contributed by atoms with Gasteiger partial charge < -0.3 is 15.4 Å². The molecule has 0 aliphatic rings. The fourth-order valence-electron chi connectivity index (χ4n) is 1.22. The topological polar surface area (TPSA) is 67.4 Å². The Bertz CT molecular complexity index is 379.